The summed E-state index contributed by atoms with van der Waals surface area (Å²) in [5.41, 5.74) is 5.77. The molecule has 0 heterocycles. The van der Waals surface area contributed by atoms with Crippen LogP contribution >= 0.6 is 0 Å². The Bertz CT molecular complexity index is 316. The van der Waals surface area contributed by atoms with E-state index in [0.29, 0.717) is 25.3 Å². The SMILES string of the molecule is CN(CC1CCCCC1)C1(CN)CCC(C(F)(F)F)CC1. The van der Waals surface area contributed by atoms with Gasteiger partial charge in [-0.2, -0.15) is 13.2 Å². The fraction of sp³-hybridized carbons (Fsp3) is 1.00. The molecule has 0 unspecified atom stereocenters. The van der Waals surface area contributed by atoms with Gasteiger partial charge in [-0.05, 0) is 51.5 Å². The Kier molecular flexibility index (Phi) is 5.58. The Morgan fingerprint density at radius 2 is 1.62 bits per heavy atom. The third kappa shape index (κ3) is 4.13. The van der Waals surface area contributed by atoms with E-state index in [0.717, 1.165) is 6.54 Å². The Morgan fingerprint density at radius 1 is 1.05 bits per heavy atom. The zero-order valence-corrected chi connectivity index (χ0v) is 13.1. The van der Waals surface area contributed by atoms with Gasteiger partial charge in [0.2, 0.25) is 0 Å². The van der Waals surface area contributed by atoms with E-state index in [1.807, 2.05) is 0 Å². The molecule has 21 heavy (non-hydrogen) atoms. The van der Waals surface area contributed by atoms with Crippen molar-refractivity contribution >= 4 is 0 Å². The maximum atomic E-state index is 12.8. The molecule has 2 rings (SSSR count). The van der Waals surface area contributed by atoms with Crippen LogP contribution in [-0.4, -0.2) is 36.8 Å². The average molecular weight is 306 g/mol. The summed E-state index contributed by atoms with van der Waals surface area (Å²) in [5, 5.41) is 0. The monoisotopic (exact) mass is 306 g/mol. The van der Waals surface area contributed by atoms with Gasteiger partial charge in [-0.25, -0.2) is 0 Å². The largest absolute Gasteiger partial charge is 0.391 e. The van der Waals surface area contributed by atoms with Gasteiger partial charge in [0.15, 0.2) is 0 Å². The van der Waals surface area contributed by atoms with Crippen molar-refractivity contribution in [1.82, 2.24) is 4.90 Å². The molecule has 0 saturated heterocycles. The van der Waals surface area contributed by atoms with Crippen LogP contribution in [0, 0.1) is 11.8 Å². The highest BCUT2D eigenvalue weighted by atomic mass is 19.4. The zero-order chi connectivity index (χ0) is 15.5. The predicted octanol–water partition coefficient (Wildman–Crippen LogP) is 3.95. The van der Waals surface area contributed by atoms with Crippen molar-refractivity contribution in [2.45, 2.75) is 69.5 Å². The molecule has 5 heteroatoms. The number of alkyl halides is 3. The van der Waals surface area contributed by atoms with Gasteiger partial charge < -0.3 is 5.73 Å². The van der Waals surface area contributed by atoms with Crippen LogP contribution in [0.1, 0.15) is 57.8 Å². The highest BCUT2D eigenvalue weighted by Gasteiger charge is 2.46. The van der Waals surface area contributed by atoms with Gasteiger partial charge in [-0.1, -0.05) is 19.3 Å². The lowest BCUT2D eigenvalue weighted by Crippen LogP contribution is -2.56. The van der Waals surface area contributed by atoms with Crippen LogP contribution in [0.15, 0.2) is 0 Å². The van der Waals surface area contributed by atoms with Crippen LogP contribution in [0.25, 0.3) is 0 Å². The third-order valence-electron chi connectivity index (χ3n) is 5.83. The summed E-state index contributed by atoms with van der Waals surface area (Å²) in [7, 11) is 2.06. The lowest BCUT2D eigenvalue weighted by Gasteiger charge is -2.47. The summed E-state index contributed by atoms with van der Waals surface area (Å²) < 4.78 is 38.5. The molecule has 2 saturated carbocycles. The second-order valence-electron chi connectivity index (χ2n) is 7.13. The minimum atomic E-state index is -4.04. The lowest BCUT2D eigenvalue weighted by atomic mass is 9.74. The van der Waals surface area contributed by atoms with Crippen molar-refractivity contribution in [3.8, 4) is 0 Å². The van der Waals surface area contributed by atoms with E-state index in [2.05, 4.69) is 11.9 Å². The molecule has 2 N–H and O–H groups in total. The van der Waals surface area contributed by atoms with E-state index in [1.54, 1.807) is 0 Å². The van der Waals surface area contributed by atoms with Gasteiger partial charge >= 0.3 is 6.18 Å². The van der Waals surface area contributed by atoms with E-state index < -0.39 is 12.1 Å². The number of hydrogen-bond donors (Lipinski definition) is 1. The second-order valence-corrected chi connectivity index (χ2v) is 7.13. The molecule has 0 aliphatic heterocycles. The number of rotatable bonds is 4. The van der Waals surface area contributed by atoms with Crippen LogP contribution in [0.3, 0.4) is 0 Å². The zero-order valence-electron chi connectivity index (χ0n) is 13.1. The highest BCUT2D eigenvalue weighted by Crippen LogP contribution is 2.43. The first-order valence-electron chi connectivity index (χ1n) is 8.35. The van der Waals surface area contributed by atoms with Gasteiger partial charge in [-0.15, -0.1) is 0 Å². The highest BCUT2D eigenvalue weighted by molar-refractivity contribution is 4.96. The normalized spacial score (nSPS) is 32.6. The molecule has 0 spiro atoms. The van der Waals surface area contributed by atoms with Crippen molar-refractivity contribution in [3.05, 3.63) is 0 Å². The van der Waals surface area contributed by atoms with Gasteiger partial charge in [0.25, 0.3) is 0 Å². The topological polar surface area (TPSA) is 29.3 Å². The molecular weight excluding hydrogens is 277 g/mol. The number of nitrogens with zero attached hydrogens (tertiary/aromatic N) is 1. The van der Waals surface area contributed by atoms with Crippen LogP contribution < -0.4 is 5.73 Å². The maximum absolute atomic E-state index is 12.8. The number of hydrogen-bond acceptors (Lipinski definition) is 2. The van der Waals surface area contributed by atoms with Crippen molar-refractivity contribution in [2.24, 2.45) is 17.6 Å². The summed E-state index contributed by atoms with van der Waals surface area (Å²) >= 11 is 0. The molecule has 2 aliphatic carbocycles. The van der Waals surface area contributed by atoms with Gasteiger partial charge in [0.1, 0.15) is 0 Å². The molecule has 0 bridgehead atoms. The minimum Gasteiger partial charge on any atom is -0.329 e. The van der Waals surface area contributed by atoms with E-state index in [-0.39, 0.29) is 18.4 Å². The van der Waals surface area contributed by atoms with E-state index in [1.165, 1.54) is 32.1 Å². The van der Waals surface area contributed by atoms with Crippen LogP contribution in [0.2, 0.25) is 0 Å². The fourth-order valence-corrected chi connectivity index (χ4v) is 4.17. The Balaban J connectivity index is 1.92. The van der Waals surface area contributed by atoms with Gasteiger partial charge in [0.05, 0.1) is 5.92 Å². The molecule has 0 aromatic carbocycles. The molecule has 2 aliphatic rings. The second kappa shape index (κ2) is 6.86. The smallest absolute Gasteiger partial charge is 0.329 e. The summed E-state index contributed by atoms with van der Waals surface area (Å²) in [6, 6.07) is 0. The van der Waals surface area contributed by atoms with Gasteiger partial charge in [0, 0.05) is 18.6 Å². The Morgan fingerprint density at radius 3 is 2.10 bits per heavy atom. The Labute approximate surface area is 126 Å². The first-order valence-corrected chi connectivity index (χ1v) is 8.35. The summed E-state index contributed by atoms with van der Waals surface area (Å²) in [4.78, 5) is 2.29. The molecule has 0 amide bonds. The van der Waals surface area contributed by atoms with E-state index in [9.17, 15) is 13.2 Å². The van der Waals surface area contributed by atoms with Crippen LogP contribution in [-0.2, 0) is 0 Å². The average Bonchev–Trinajstić information content (AvgIpc) is 2.47. The molecule has 2 fully saturated rings. The molecule has 2 nitrogen and oxygen atoms in total. The third-order valence-corrected chi connectivity index (χ3v) is 5.83. The predicted molar refractivity (Wildman–Crippen MR) is 79.0 cm³/mol. The first-order chi connectivity index (χ1) is 9.87. The van der Waals surface area contributed by atoms with Crippen LogP contribution in [0.4, 0.5) is 13.2 Å². The molecule has 0 atom stereocenters. The lowest BCUT2D eigenvalue weighted by molar-refractivity contribution is -0.188. The van der Waals surface area contributed by atoms with Crippen molar-refractivity contribution in [3.63, 3.8) is 0 Å². The molecule has 0 aromatic heterocycles. The molecule has 0 aromatic rings. The van der Waals surface area contributed by atoms with E-state index >= 15 is 0 Å². The number of halogens is 3. The molecule has 124 valence electrons. The summed E-state index contributed by atoms with van der Waals surface area (Å²) in [6.07, 6.45) is 4.03. The summed E-state index contributed by atoms with van der Waals surface area (Å²) in [5.74, 6) is -0.423. The quantitative estimate of drug-likeness (QED) is 0.852. The number of likely N-dealkylation sites (N-methyl/N-ethyl adjacent to an activating group) is 1. The number of nitrogens with two attached hydrogens (primary N) is 1. The van der Waals surface area contributed by atoms with E-state index in [4.69, 9.17) is 5.73 Å². The van der Waals surface area contributed by atoms with Gasteiger partial charge in [-0.3, -0.25) is 4.90 Å². The van der Waals surface area contributed by atoms with Crippen molar-refractivity contribution < 1.29 is 13.2 Å². The first kappa shape index (κ1) is 17.1. The maximum Gasteiger partial charge on any atom is 0.391 e. The van der Waals surface area contributed by atoms with Crippen molar-refractivity contribution in [2.75, 3.05) is 20.1 Å². The Hall–Kier alpha value is -0.290. The standard InChI is InChI=1S/C16H29F3N2/c1-21(11-13-5-3-2-4-6-13)15(12-20)9-7-14(8-10-15)16(17,18)19/h13-14H,2-12,20H2,1H3. The van der Waals surface area contributed by atoms with Crippen LogP contribution in [0.5, 0.6) is 0 Å². The molecular formula is C16H29F3N2. The molecule has 0 radical (unpaired) electrons. The fourth-order valence-electron chi connectivity index (χ4n) is 4.17. The van der Waals surface area contributed by atoms with Crippen molar-refractivity contribution in [1.29, 1.82) is 0 Å². The summed E-state index contributed by atoms with van der Waals surface area (Å²) in [6.45, 7) is 1.47. The minimum absolute atomic E-state index is 0.209.